The number of amides is 3. The van der Waals surface area contributed by atoms with Gasteiger partial charge in [0.1, 0.15) is 0 Å². The Morgan fingerprint density at radius 2 is 1.52 bits per heavy atom. The number of benzene rings is 1. The molecule has 2 atom stereocenters. The van der Waals surface area contributed by atoms with Gasteiger partial charge in [0.25, 0.3) is 0 Å². The van der Waals surface area contributed by atoms with Crippen LogP contribution < -0.4 is 10.6 Å². The first-order chi connectivity index (χ1) is 11.9. The van der Waals surface area contributed by atoms with Crippen LogP contribution in [0.1, 0.15) is 33.1 Å². The van der Waals surface area contributed by atoms with Crippen molar-refractivity contribution in [2.75, 3.05) is 23.7 Å². The van der Waals surface area contributed by atoms with Crippen LogP contribution in [0.5, 0.6) is 0 Å². The number of nitrogens with zero attached hydrogens (tertiary/aromatic N) is 1. The molecular weight excluding hydrogens is 318 g/mol. The molecule has 6 nitrogen and oxygen atoms in total. The van der Waals surface area contributed by atoms with E-state index < -0.39 is 0 Å². The van der Waals surface area contributed by atoms with E-state index in [0.717, 1.165) is 25.9 Å². The van der Waals surface area contributed by atoms with Crippen molar-refractivity contribution in [2.45, 2.75) is 33.1 Å². The highest BCUT2D eigenvalue weighted by Crippen LogP contribution is 2.41. The van der Waals surface area contributed by atoms with Crippen molar-refractivity contribution in [1.29, 1.82) is 0 Å². The Morgan fingerprint density at radius 3 is 2.08 bits per heavy atom. The van der Waals surface area contributed by atoms with E-state index in [2.05, 4.69) is 17.6 Å². The summed E-state index contributed by atoms with van der Waals surface area (Å²) in [6.07, 6.45) is 2.74. The summed E-state index contributed by atoms with van der Waals surface area (Å²) in [7, 11) is 0. The number of carbonyl (C=O) groups is 3. The molecule has 1 saturated heterocycles. The van der Waals surface area contributed by atoms with Gasteiger partial charge in [-0.2, -0.15) is 0 Å². The van der Waals surface area contributed by atoms with Crippen LogP contribution >= 0.6 is 0 Å². The standard InChI is InChI=1S/C19H25N3O3/c1-12-7-9-22(10-8-12)19(25)17-11-16(17)18(24)21-15-5-3-14(4-6-15)20-13(2)23/h3-6,12,16-17H,7-11H2,1-2H3,(H,20,23)(H,21,24). The molecule has 1 heterocycles. The molecule has 3 rings (SSSR count). The maximum Gasteiger partial charge on any atom is 0.228 e. The maximum absolute atomic E-state index is 12.5. The quantitative estimate of drug-likeness (QED) is 0.881. The predicted octanol–water partition coefficient (Wildman–Crippen LogP) is 2.48. The Kier molecular flexibility index (Phi) is 5.06. The Labute approximate surface area is 148 Å². The number of nitrogens with one attached hydrogen (secondary N) is 2. The van der Waals surface area contributed by atoms with Crippen LogP contribution in [0.3, 0.4) is 0 Å². The molecule has 134 valence electrons. The van der Waals surface area contributed by atoms with Crippen molar-refractivity contribution in [3.05, 3.63) is 24.3 Å². The van der Waals surface area contributed by atoms with E-state index in [0.29, 0.717) is 23.7 Å². The third kappa shape index (κ3) is 4.38. The third-order valence-electron chi connectivity index (χ3n) is 5.01. The molecule has 0 aromatic heterocycles. The van der Waals surface area contributed by atoms with Gasteiger partial charge in [-0.3, -0.25) is 14.4 Å². The summed E-state index contributed by atoms with van der Waals surface area (Å²) in [5.41, 5.74) is 1.35. The smallest absolute Gasteiger partial charge is 0.228 e. The highest BCUT2D eigenvalue weighted by Gasteiger charge is 2.49. The topological polar surface area (TPSA) is 78.5 Å². The second kappa shape index (κ2) is 7.25. The fraction of sp³-hybridized carbons (Fsp3) is 0.526. The van der Waals surface area contributed by atoms with Gasteiger partial charge < -0.3 is 15.5 Å². The zero-order chi connectivity index (χ0) is 18.0. The summed E-state index contributed by atoms with van der Waals surface area (Å²) in [5, 5.41) is 5.54. The Morgan fingerprint density at radius 1 is 0.960 bits per heavy atom. The zero-order valence-electron chi connectivity index (χ0n) is 14.7. The molecule has 0 radical (unpaired) electrons. The molecule has 1 aliphatic heterocycles. The molecule has 0 spiro atoms. The lowest BCUT2D eigenvalue weighted by atomic mass is 9.99. The van der Waals surface area contributed by atoms with Gasteiger partial charge in [-0.25, -0.2) is 0 Å². The molecule has 0 bridgehead atoms. The van der Waals surface area contributed by atoms with Crippen molar-refractivity contribution < 1.29 is 14.4 Å². The second-order valence-electron chi connectivity index (χ2n) is 7.20. The summed E-state index contributed by atoms with van der Waals surface area (Å²) in [5.74, 6) is 0.198. The van der Waals surface area contributed by atoms with Gasteiger partial charge in [0.15, 0.2) is 0 Å². The average molecular weight is 343 g/mol. The normalized spacial score (nSPS) is 23.0. The van der Waals surface area contributed by atoms with E-state index in [1.54, 1.807) is 24.3 Å². The van der Waals surface area contributed by atoms with Crippen molar-refractivity contribution in [2.24, 2.45) is 17.8 Å². The lowest BCUT2D eigenvalue weighted by Crippen LogP contribution is -2.39. The minimum absolute atomic E-state index is 0.101. The predicted molar refractivity (Wildman–Crippen MR) is 96.0 cm³/mol. The highest BCUT2D eigenvalue weighted by atomic mass is 16.2. The first kappa shape index (κ1) is 17.5. The fourth-order valence-corrected chi connectivity index (χ4v) is 3.30. The van der Waals surface area contributed by atoms with E-state index in [-0.39, 0.29) is 29.6 Å². The monoisotopic (exact) mass is 343 g/mol. The molecular formula is C19H25N3O3. The number of hydrogen-bond donors (Lipinski definition) is 2. The van der Waals surface area contributed by atoms with Gasteiger partial charge in [-0.1, -0.05) is 6.92 Å². The SMILES string of the molecule is CC(=O)Nc1ccc(NC(=O)C2CC2C(=O)N2CCC(C)CC2)cc1. The maximum atomic E-state index is 12.5. The molecule has 6 heteroatoms. The van der Waals surface area contributed by atoms with E-state index in [9.17, 15) is 14.4 Å². The lowest BCUT2D eigenvalue weighted by Gasteiger charge is -2.30. The first-order valence-corrected chi connectivity index (χ1v) is 8.91. The van der Waals surface area contributed by atoms with E-state index in [1.165, 1.54) is 6.92 Å². The van der Waals surface area contributed by atoms with E-state index in [1.807, 2.05) is 4.90 Å². The van der Waals surface area contributed by atoms with E-state index >= 15 is 0 Å². The van der Waals surface area contributed by atoms with Gasteiger partial charge in [-0.05, 0) is 49.4 Å². The summed E-state index contributed by atoms with van der Waals surface area (Å²) >= 11 is 0. The van der Waals surface area contributed by atoms with Crippen molar-refractivity contribution in [1.82, 2.24) is 4.90 Å². The fourth-order valence-electron chi connectivity index (χ4n) is 3.30. The van der Waals surface area contributed by atoms with Crippen LogP contribution in [-0.4, -0.2) is 35.7 Å². The number of rotatable bonds is 4. The molecule has 1 aromatic carbocycles. The summed E-state index contributed by atoms with van der Waals surface area (Å²) < 4.78 is 0. The number of piperidine rings is 1. The zero-order valence-corrected chi connectivity index (χ0v) is 14.7. The third-order valence-corrected chi connectivity index (χ3v) is 5.01. The van der Waals surface area contributed by atoms with Gasteiger partial charge in [0, 0.05) is 31.4 Å². The van der Waals surface area contributed by atoms with Crippen molar-refractivity contribution in [3.63, 3.8) is 0 Å². The van der Waals surface area contributed by atoms with Crippen LogP contribution in [0.4, 0.5) is 11.4 Å². The molecule has 2 N–H and O–H groups in total. The summed E-state index contributed by atoms with van der Waals surface area (Å²) in [6.45, 7) is 5.29. The number of anilines is 2. The summed E-state index contributed by atoms with van der Waals surface area (Å²) in [4.78, 5) is 37.7. The van der Waals surface area contributed by atoms with Gasteiger partial charge in [0.2, 0.25) is 17.7 Å². The Bertz CT molecular complexity index is 663. The van der Waals surface area contributed by atoms with Crippen LogP contribution in [0.15, 0.2) is 24.3 Å². The number of carbonyl (C=O) groups excluding carboxylic acids is 3. The average Bonchev–Trinajstić information content (AvgIpc) is 3.37. The summed E-state index contributed by atoms with van der Waals surface area (Å²) in [6, 6.07) is 6.96. The van der Waals surface area contributed by atoms with E-state index in [4.69, 9.17) is 0 Å². The van der Waals surface area contributed by atoms with Crippen LogP contribution in [0, 0.1) is 17.8 Å². The van der Waals surface area contributed by atoms with Crippen molar-refractivity contribution in [3.8, 4) is 0 Å². The molecule has 3 amide bonds. The number of hydrogen-bond acceptors (Lipinski definition) is 3. The highest BCUT2D eigenvalue weighted by molar-refractivity contribution is 5.99. The van der Waals surface area contributed by atoms with Gasteiger partial charge >= 0.3 is 0 Å². The molecule has 25 heavy (non-hydrogen) atoms. The molecule has 1 aromatic rings. The molecule has 1 aliphatic carbocycles. The van der Waals surface area contributed by atoms with Crippen LogP contribution in [-0.2, 0) is 14.4 Å². The van der Waals surface area contributed by atoms with Gasteiger partial charge in [0.05, 0.1) is 11.8 Å². The molecule has 2 unspecified atom stereocenters. The van der Waals surface area contributed by atoms with Crippen LogP contribution in [0.25, 0.3) is 0 Å². The minimum Gasteiger partial charge on any atom is -0.342 e. The van der Waals surface area contributed by atoms with Crippen molar-refractivity contribution >= 4 is 29.1 Å². The molecule has 2 fully saturated rings. The van der Waals surface area contributed by atoms with Gasteiger partial charge in [-0.15, -0.1) is 0 Å². The molecule has 2 aliphatic rings. The molecule has 1 saturated carbocycles. The Balaban J connectivity index is 1.49. The first-order valence-electron chi connectivity index (χ1n) is 8.91. The second-order valence-corrected chi connectivity index (χ2v) is 7.20. The van der Waals surface area contributed by atoms with Crippen LogP contribution in [0.2, 0.25) is 0 Å². The Hall–Kier alpha value is -2.37. The minimum atomic E-state index is -0.220. The lowest BCUT2D eigenvalue weighted by molar-refractivity contribution is -0.135. The largest absolute Gasteiger partial charge is 0.342 e. The number of likely N-dealkylation sites (tertiary alicyclic amines) is 1.